The van der Waals surface area contributed by atoms with Crippen molar-refractivity contribution < 1.29 is 15.3 Å². The first-order valence-corrected chi connectivity index (χ1v) is 6.66. The highest BCUT2D eigenvalue weighted by Gasteiger charge is 2.68. The lowest BCUT2D eigenvalue weighted by Gasteiger charge is -2.36. The van der Waals surface area contributed by atoms with E-state index < -0.39 is 17.7 Å². The molecule has 5 atom stereocenters. The van der Waals surface area contributed by atoms with Gasteiger partial charge in [-0.2, -0.15) is 0 Å². The summed E-state index contributed by atoms with van der Waals surface area (Å²) in [6.45, 7) is -0.250. The van der Waals surface area contributed by atoms with Gasteiger partial charge in [-0.15, -0.1) is 0 Å². The molecule has 2 fully saturated rings. The highest BCUT2D eigenvalue weighted by Crippen LogP contribution is 2.61. The van der Waals surface area contributed by atoms with E-state index in [2.05, 4.69) is 9.97 Å². The molecule has 7 heteroatoms. The van der Waals surface area contributed by atoms with Crippen LogP contribution in [0.1, 0.15) is 6.42 Å². The molecule has 0 aromatic carbocycles. The monoisotopic (exact) mass is 276 g/mol. The fourth-order valence-electron chi connectivity index (χ4n) is 3.83. The second-order valence-electron chi connectivity index (χ2n) is 5.77. The third kappa shape index (κ3) is 1.20. The molecule has 106 valence electrons. The highest BCUT2D eigenvalue weighted by molar-refractivity contribution is 5.86. The van der Waals surface area contributed by atoms with Crippen LogP contribution in [0.25, 0.3) is 11.0 Å². The Morgan fingerprint density at radius 2 is 2.20 bits per heavy atom. The Balaban J connectivity index is 1.95. The van der Waals surface area contributed by atoms with Gasteiger partial charge in [-0.1, -0.05) is 0 Å². The molecule has 7 nitrogen and oxygen atoms in total. The van der Waals surface area contributed by atoms with Gasteiger partial charge in [-0.25, -0.2) is 9.97 Å². The van der Waals surface area contributed by atoms with Crippen molar-refractivity contribution in [1.29, 1.82) is 0 Å². The SMILES string of the molecule is Nc1ncnc2c1ccn2[C@@]1(CO)[C@H](O)[C@@H](O)[C@H]2C[C@@H]21. The number of anilines is 1. The second kappa shape index (κ2) is 3.69. The maximum atomic E-state index is 10.4. The number of fused-ring (bicyclic) bond motifs is 2. The van der Waals surface area contributed by atoms with Crippen LogP contribution in [0.5, 0.6) is 0 Å². The van der Waals surface area contributed by atoms with Crippen LogP contribution in [0.4, 0.5) is 5.82 Å². The Hall–Kier alpha value is -1.70. The summed E-state index contributed by atoms with van der Waals surface area (Å²) < 4.78 is 1.76. The van der Waals surface area contributed by atoms with Gasteiger partial charge >= 0.3 is 0 Å². The zero-order chi connectivity index (χ0) is 14.1. The molecule has 0 unspecified atom stereocenters. The minimum absolute atomic E-state index is 0.0498. The Morgan fingerprint density at radius 1 is 1.40 bits per heavy atom. The van der Waals surface area contributed by atoms with Gasteiger partial charge in [0.2, 0.25) is 0 Å². The summed E-state index contributed by atoms with van der Waals surface area (Å²) in [4.78, 5) is 8.16. The van der Waals surface area contributed by atoms with Crippen molar-refractivity contribution >= 4 is 16.9 Å². The maximum Gasteiger partial charge on any atom is 0.146 e. The van der Waals surface area contributed by atoms with Crippen molar-refractivity contribution in [2.75, 3.05) is 12.3 Å². The molecular weight excluding hydrogens is 260 g/mol. The van der Waals surface area contributed by atoms with Gasteiger partial charge in [-0.3, -0.25) is 0 Å². The predicted octanol–water partition coefficient (Wildman–Crippen LogP) is -0.927. The first-order chi connectivity index (χ1) is 9.61. The topological polar surface area (TPSA) is 117 Å². The molecule has 2 heterocycles. The first-order valence-electron chi connectivity index (χ1n) is 6.66. The zero-order valence-corrected chi connectivity index (χ0v) is 10.7. The molecule has 0 spiro atoms. The van der Waals surface area contributed by atoms with Crippen molar-refractivity contribution in [3.05, 3.63) is 18.6 Å². The maximum absolute atomic E-state index is 10.4. The standard InChI is InChI=1S/C13H16N4O3/c14-11-6-1-2-17(12(6)16-5-15-11)13(4-18)8-3-7(8)9(19)10(13)20/h1-2,5,7-10,18-20H,3-4H2,(H2,14,15,16)/t7-,8-,9-,10+,13+/m0/s1. The molecule has 2 saturated carbocycles. The van der Waals surface area contributed by atoms with Crippen molar-refractivity contribution in [2.45, 2.75) is 24.2 Å². The number of rotatable bonds is 2. The lowest BCUT2D eigenvalue weighted by Crippen LogP contribution is -2.50. The molecule has 2 aromatic heterocycles. The van der Waals surface area contributed by atoms with Crippen molar-refractivity contribution in [3.63, 3.8) is 0 Å². The summed E-state index contributed by atoms with van der Waals surface area (Å²) in [5.74, 6) is 0.472. The third-order valence-corrected chi connectivity index (χ3v) is 4.97. The van der Waals surface area contributed by atoms with Gasteiger partial charge in [0, 0.05) is 6.20 Å². The largest absolute Gasteiger partial charge is 0.394 e. The first kappa shape index (κ1) is 12.1. The van der Waals surface area contributed by atoms with Crippen LogP contribution >= 0.6 is 0 Å². The Kier molecular flexibility index (Phi) is 2.23. The van der Waals surface area contributed by atoms with Crippen molar-refractivity contribution in [2.24, 2.45) is 11.8 Å². The van der Waals surface area contributed by atoms with E-state index in [9.17, 15) is 15.3 Å². The molecule has 4 rings (SSSR count). The summed E-state index contributed by atoms with van der Waals surface area (Å²) in [5.41, 5.74) is 5.47. The van der Waals surface area contributed by atoms with Crippen molar-refractivity contribution in [1.82, 2.24) is 14.5 Å². The summed E-state index contributed by atoms with van der Waals surface area (Å²) in [7, 11) is 0. The van der Waals surface area contributed by atoms with E-state index in [0.717, 1.165) is 6.42 Å². The minimum Gasteiger partial charge on any atom is -0.394 e. The molecule has 2 aliphatic carbocycles. The van der Waals surface area contributed by atoms with Crippen LogP contribution in [0.2, 0.25) is 0 Å². The normalized spacial score (nSPS) is 39.1. The van der Waals surface area contributed by atoms with Gasteiger partial charge in [0.05, 0.1) is 18.1 Å². The van der Waals surface area contributed by atoms with Crippen LogP contribution < -0.4 is 5.73 Å². The van der Waals surface area contributed by atoms with E-state index in [0.29, 0.717) is 16.9 Å². The van der Waals surface area contributed by atoms with Gasteiger partial charge in [0.1, 0.15) is 29.4 Å². The fourth-order valence-corrected chi connectivity index (χ4v) is 3.83. The fraction of sp³-hybridized carbons (Fsp3) is 0.538. The number of aromatic nitrogens is 3. The number of hydrogen-bond acceptors (Lipinski definition) is 6. The Bertz CT molecular complexity index is 687. The molecule has 5 N–H and O–H groups in total. The van der Waals surface area contributed by atoms with Gasteiger partial charge in [-0.05, 0) is 24.3 Å². The lowest BCUT2D eigenvalue weighted by atomic mass is 9.90. The quantitative estimate of drug-likeness (QED) is 0.563. The van der Waals surface area contributed by atoms with E-state index in [4.69, 9.17) is 5.73 Å². The average Bonchev–Trinajstić information content (AvgIpc) is 3.07. The number of nitrogen functional groups attached to an aromatic ring is 1. The van der Waals surface area contributed by atoms with Gasteiger partial charge in [0.25, 0.3) is 0 Å². The molecule has 0 saturated heterocycles. The number of nitrogens with two attached hydrogens (primary N) is 1. The average molecular weight is 276 g/mol. The van der Waals surface area contributed by atoms with Gasteiger partial charge < -0.3 is 25.6 Å². The summed E-state index contributed by atoms with van der Waals surface area (Å²) in [6.07, 6.45) is 2.11. The molecule has 20 heavy (non-hydrogen) atoms. The molecule has 2 aliphatic rings. The number of aliphatic hydroxyl groups is 3. The third-order valence-electron chi connectivity index (χ3n) is 4.97. The zero-order valence-electron chi connectivity index (χ0n) is 10.7. The Labute approximate surface area is 114 Å². The van der Waals surface area contributed by atoms with Crippen LogP contribution in [-0.4, -0.2) is 48.7 Å². The summed E-state index contributed by atoms with van der Waals surface area (Å²) >= 11 is 0. The minimum atomic E-state index is -1.01. The van der Waals surface area contributed by atoms with E-state index >= 15 is 0 Å². The van der Waals surface area contributed by atoms with E-state index in [1.165, 1.54) is 6.33 Å². The summed E-state index contributed by atoms with van der Waals surface area (Å²) in [6, 6.07) is 1.77. The number of nitrogens with zero attached hydrogens (tertiary/aromatic N) is 3. The van der Waals surface area contributed by atoms with Crippen LogP contribution in [0.15, 0.2) is 18.6 Å². The highest BCUT2D eigenvalue weighted by atomic mass is 16.3. The van der Waals surface area contributed by atoms with Crippen molar-refractivity contribution in [3.8, 4) is 0 Å². The molecule has 0 bridgehead atoms. The van der Waals surface area contributed by atoms with E-state index in [1.807, 2.05) is 0 Å². The van der Waals surface area contributed by atoms with E-state index in [1.54, 1.807) is 16.8 Å². The molecule has 0 aliphatic heterocycles. The molecule has 0 amide bonds. The second-order valence-corrected chi connectivity index (χ2v) is 5.77. The number of aliphatic hydroxyl groups excluding tert-OH is 3. The predicted molar refractivity (Wildman–Crippen MR) is 70.6 cm³/mol. The summed E-state index contributed by atoms with van der Waals surface area (Å²) in [5, 5.41) is 31.1. The number of hydrogen-bond donors (Lipinski definition) is 4. The molecule has 2 aromatic rings. The Morgan fingerprint density at radius 3 is 2.85 bits per heavy atom. The van der Waals surface area contributed by atoms with Crippen LogP contribution in [0.3, 0.4) is 0 Å². The molecular formula is C13H16N4O3. The van der Waals surface area contributed by atoms with E-state index in [-0.39, 0.29) is 18.4 Å². The van der Waals surface area contributed by atoms with Crippen LogP contribution in [-0.2, 0) is 5.54 Å². The van der Waals surface area contributed by atoms with Gasteiger partial charge in [0.15, 0.2) is 0 Å². The molecule has 0 radical (unpaired) electrons. The van der Waals surface area contributed by atoms with Crippen LogP contribution in [0, 0.1) is 11.8 Å². The lowest BCUT2D eigenvalue weighted by molar-refractivity contribution is -0.0576. The smallest absolute Gasteiger partial charge is 0.146 e.